The van der Waals surface area contributed by atoms with E-state index in [1.165, 1.54) is 6.07 Å². The summed E-state index contributed by atoms with van der Waals surface area (Å²) in [7, 11) is 0. The Bertz CT molecular complexity index is 424. The standard InChI is InChI=1S/C15H23FN2O2/c1-3-5-9-17-14-8-7-12(15(16)18-14)13(19)11-20-10-6-4-2/h7-8H,3-6,9-11H2,1-2H3,(H,17,18). The third kappa shape index (κ3) is 5.65. The van der Waals surface area contributed by atoms with Gasteiger partial charge in [-0.1, -0.05) is 26.7 Å². The minimum Gasteiger partial charge on any atom is -0.373 e. The van der Waals surface area contributed by atoms with Crippen molar-refractivity contribution in [2.75, 3.05) is 25.1 Å². The maximum Gasteiger partial charge on any atom is 0.225 e. The van der Waals surface area contributed by atoms with Gasteiger partial charge in [-0.05, 0) is 25.0 Å². The zero-order valence-electron chi connectivity index (χ0n) is 12.2. The molecule has 20 heavy (non-hydrogen) atoms. The van der Waals surface area contributed by atoms with E-state index in [0.717, 1.165) is 32.2 Å². The molecule has 0 fully saturated rings. The fraction of sp³-hybridized carbons (Fsp3) is 0.600. The Labute approximate surface area is 119 Å². The van der Waals surface area contributed by atoms with Crippen LogP contribution in [0.5, 0.6) is 0 Å². The molecule has 5 heteroatoms. The molecular weight excluding hydrogens is 259 g/mol. The van der Waals surface area contributed by atoms with E-state index in [2.05, 4.69) is 17.2 Å². The van der Waals surface area contributed by atoms with Crippen molar-refractivity contribution in [3.63, 3.8) is 0 Å². The molecule has 0 saturated carbocycles. The number of ether oxygens (including phenoxy) is 1. The van der Waals surface area contributed by atoms with Crippen molar-refractivity contribution in [1.82, 2.24) is 4.98 Å². The summed E-state index contributed by atoms with van der Waals surface area (Å²) >= 11 is 0. The van der Waals surface area contributed by atoms with Crippen molar-refractivity contribution in [2.24, 2.45) is 0 Å². The van der Waals surface area contributed by atoms with Crippen LogP contribution in [0.3, 0.4) is 0 Å². The number of unbranched alkanes of at least 4 members (excludes halogenated alkanes) is 2. The van der Waals surface area contributed by atoms with Crippen LogP contribution in [0.4, 0.5) is 10.2 Å². The predicted molar refractivity (Wildman–Crippen MR) is 77.7 cm³/mol. The summed E-state index contributed by atoms with van der Waals surface area (Å²) < 4.78 is 19.0. The molecule has 0 unspecified atom stereocenters. The molecule has 1 aromatic rings. The quantitative estimate of drug-likeness (QED) is 0.406. The van der Waals surface area contributed by atoms with E-state index in [1.807, 2.05) is 6.92 Å². The summed E-state index contributed by atoms with van der Waals surface area (Å²) in [4.78, 5) is 15.5. The Balaban J connectivity index is 2.51. The maximum atomic E-state index is 13.8. The third-order valence-electron chi connectivity index (χ3n) is 2.86. The van der Waals surface area contributed by atoms with Gasteiger partial charge in [0.25, 0.3) is 0 Å². The Hall–Kier alpha value is -1.49. The molecule has 0 aliphatic heterocycles. The molecule has 1 heterocycles. The molecule has 0 aliphatic carbocycles. The van der Waals surface area contributed by atoms with E-state index in [0.29, 0.717) is 12.4 Å². The van der Waals surface area contributed by atoms with Gasteiger partial charge in [-0.2, -0.15) is 4.39 Å². The Morgan fingerprint density at radius 3 is 2.70 bits per heavy atom. The molecule has 1 N–H and O–H groups in total. The average molecular weight is 282 g/mol. The number of ketones is 1. The predicted octanol–water partition coefficient (Wildman–Crippen LogP) is 3.43. The van der Waals surface area contributed by atoms with Gasteiger partial charge in [0.15, 0.2) is 5.78 Å². The fourth-order valence-electron chi connectivity index (χ4n) is 1.62. The zero-order valence-corrected chi connectivity index (χ0v) is 12.2. The number of halogens is 1. The van der Waals surface area contributed by atoms with Crippen molar-refractivity contribution in [3.05, 3.63) is 23.6 Å². The lowest BCUT2D eigenvalue weighted by Gasteiger charge is -2.07. The second-order valence-corrected chi connectivity index (χ2v) is 4.64. The molecule has 0 amide bonds. The van der Waals surface area contributed by atoms with Crippen LogP contribution < -0.4 is 5.32 Å². The number of nitrogens with one attached hydrogen (secondary N) is 1. The van der Waals surface area contributed by atoms with Crippen LogP contribution in [0.2, 0.25) is 0 Å². The number of carbonyl (C=O) groups excluding carboxylic acids is 1. The van der Waals surface area contributed by atoms with Crippen LogP contribution in [0.15, 0.2) is 12.1 Å². The first-order chi connectivity index (χ1) is 9.69. The number of nitrogens with zero attached hydrogens (tertiary/aromatic N) is 1. The summed E-state index contributed by atoms with van der Waals surface area (Å²) in [6, 6.07) is 3.08. The summed E-state index contributed by atoms with van der Waals surface area (Å²) in [5.74, 6) is -0.652. The molecule has 1 aromatic heterocycles. The minimum absolute atomic E-state index is 0.0115. The highest BCUT2D eigenvalue weighted by molar-refractivity contribution is 5.97. The van der Waals surface area contributed by atoms with E-state index >= 15 is 0 Å². The Morgan fingerprint density at radius 1 is 1.30 bits per heavy atom. The van der Waals surface area contributed by atoms with E-state index in [-0.39, 0.29) is 18.0 Å². The van der Waals surface area contributed by atoms with Crippen molar-refractivity contribution in [3.8, 4) is 0 Å². The topological polar surface area (TPSA) is 51.2 Å². The molecule has 112 valence electrons. The van der Waals surface area contributed by atoms with Gasteiger partial charge in [-0.25, -0.2) is 4.98 Å². The van der Waals surface area contributed by atoms with Crippen LogP contribution in [0, 0.1) is 5.95 Å². The van der Waals surface area contributed by atoms with Crippen LogP contribution in [0.25, 0.3) is 0 Å². The number of rotatable bonds is 10. The molecule has 0 radical (unpaired) electrons. The molecule has 0 aromatic carbocycles. The summed E-state index contributed by atoms with van der Waals surface area (Å²) in [6.07, 6.45) is 3.95. The summed E-state index contributed by atoms with van der Waals surface area (Å²) in [5, 5.41) is 3.02. The number of pyridine rings is 1. The first kappa shape index (κ1) is 16.6. The molecule has 0 saturated heterocycles. The second-order valence-electron chi connectivity index (χ2n) is 4.64. The van der Waals surface area contributed by atoms with Crippen molar-refractivity contribution in [2.45, 2.75) is 39.5 Å². The fourth-order valence-corrected chi connectivity index (χ4v) is 1.62. The van der Waals surface area contributed by atoms with Crippen molar-refractivity contribution < 1.29 is 13.9 Å². The van der Waals surface area contributed by atoms with Gasteiger partial charge >= 0.3 is 0 Å². The van der Waals surface area contributed by atoms with Gasteiger partial charge in [0.2, 0.25) is 5.95 Å². The van der Waals surface area contributed by atoms with E-state index in [4.69, 9.17) is 4.74 Å². The van der Waals surface area contributed by atoms with Gasteiger partial charge < -0.3 is 10.1 Å². The van der Waals surface area contributed by atoms with Crippen LogP contribution in [-0.4, -0.2) is 30.5 Å². The number of aromatic nitrogens is 1. The first-order valence-electron chi connectivity index (χ1n) is 7.20. The lowest BCUT2D eigenvalue weighted by Crippen LogP contribution is -2.13. The highest BCUT2D eigenvalue weighted by atomic mass is 19.1. The van der Waals surface area contributed by atoms with Gasteiger partial charge in [-0.15, -0.1) is 0 Å². The van der Waals surface area contributed by atoms with Gasteiger partial charge in [0, 0.05) is 13.2 Å². The average Bonchev–Trinajstić information content (AvgIpc) is 2.44. The molecule has 0 aliphatic rings. The number of hydrogen-bond acceptors (Lipinski definition) is 4. The Morgan fingerprint density at radius 2 is 2.05 bits per heavy atom. The molecular formula is C15H23FN2O2. The number of Topliss-reactive ketones (excluding diaryl/α,β-unsaturated/α-hetero) is 1. The molecule has 4 nitrogen and oxygen atoms in total. The lowest BCUT2D eigenvalue weighted by molar-refractivity contribution is 0.0750. The molecule has 1 rings (SSSR count). The summed E-state index contributed by atoms with van der Waals surface area (Å²) in [5.41, 5.74) is -0.0115. The van der Waals surface area contributed by atoms with Crippen LogP contribution in [-0.2, 0) is 4.74 Å². The zero-order chi connectivity index (χ0) is 14.8. The molecule has 0 bridgehead atoms. The number of hydrogen-bond donors (Lipinski definition) is 1. The van der Waals surface area contributed by atoms with Crippen molar-refractivity contribution >= 4 is 11.6 Å². The second kappa shape index (κ2) is 9.42. The van der Waals surface area contributed by atoms with E-state index in [1.54, 1.807) is 6.07 Å². The SMILES string of the molecule is CCCCNc1ccc(C(=O)COCCCC)c(F)n1. The number of anilines is 1. The van der Waals surface area contributed by atoms with Gasteiger partial charge in [0.05, 0.1) is 5.56 Å². The van der Waals surface area contributed by atoms with Crippen molar-refractivity contribution in [1.29, 1.82) is 0 Å². The normalized spacial score (nSPS) is 10.6. The monoisotopic (exact) mass is 282 g/mol. The van der Waals surface area contributed by atoms with E-state index in [9.17, 15) is 9.18 Å². The smallest absolute Gasteiger partial charge is 0.225 e. The largest absolute Gasteiger partial charge is 0.373 e. The van der Waals surface area contributed by atoms with Gasteiger partial charge in [0.1, 0.15) is 12.4 Å². The lowest BCUT2D eigenvalue weighted by atomic mass is 10.2. The molecule has 0 atom stereocenters. The van der Waals surface area contributed by atoms with Crippen LogP contribution >= 0.6 is 0 Å². The Kier molecular flexibility index (Phi) is 7.80. The number of carbonyl (C=O) groups is 1. The molecule has 0 spiro atoms. The highest BCUT2D eigenvalue weighted by Crippen LogP contribution is 2.11. The third-order valence-corrected chi connectivity index (χ3v) is 2.86. The van der Waals surface area contributed by atoms with Crippen LogP contribution in [0.1, 0.15) is 49.9 Å². The minimum atomic E-state index is -0.740. The first-order valence-corrected chi connectivity index (χ1v) is 7.20. The highest BCUT2D eigenvalue weighted by Gasteiger charge is 2.13. The maximum absolute atomic E-state index is 13.8. The van der Waals surface area contributed by atoms with Gasteiger partial charge in [-0.3, -0.25) is 4.79 Å². The summed E-state index contributed by atoms with van der Waals surface area (Å²) in [6.45, 7) is 5.29. The van der Waals surface area contributed by atoms with E-state index < -0.39 is 5.95 Å².